The van der Waals surface area contributed by atoms with Crippen LogP contribution in [0.3, 0.4) is 0 Å². The summed E-state index contributed by atoms with van der Waals surface area (Å²) in [4.78, 5) is 22.1. The van der Waals surface area contributed by atoms with Crippen LogP contribution in [0.25, 0.3) is 0 Å². The molecule has 1 unspecified atom stereocenters. The van der Waals surface area contributed by atoms with E-state index >= 15 is 0 Å². The first-order valence-electron chi connectivity index (χ1n) is 5.38. The Balaban J connectivity index is 2.71. The fourth-order valence-electron chi connectivity index (χ4n) is 1.32. The number of ether oxygens (including phenoxy) is 1. The van der Waals surface area contributed by atoms with E-state index in [2.05, 4.69) is 10.1 Å². The number of halogens is 3. The average molecular weight is 291 g/mol. The van der Waals surface area contributed by atoms with E-state index in [1.54, 1.807) is 0 Å². The Kier molecular flexibility index (Phi) is 4.92. The second-order valence-corrected chi connectivity index (χ2v) is 3.84. The van der Waals surface area contributed by atoms with E-state index in [4.69, 9.17) is 11.5 Å². The third kappa shape index (κ3) is 5.57. The number of alkyl halides is 3. The lowest BCUT2D eigenvalue weighted by atomic mass is 10.2. The summed E-state index contributed by atoms with van der Waals surface area (Å²) >= 11 is 0. The number of anilines is 1. The van der Waals surface area contributed by atoms with Crippen molar-refractivity contribution in [1.29, 1.82) is 0 Å². The van der Waals surface area contributed by atoms with E-state index in [0.717, 1.165) is 12.1 Å². The van der Waals surface area contributed by atoms with Gasteiger partial charge in [0.25, 0.3) is 0 Å². The van der Waals surface area contributed by atoms with Gasteiger partial charge in [0, 0.05) is 11.8 Å². The molecule has 1 rings (SSSR count). The van der Waals surface area contributed by atoms with Crippen molar-refractivity contribution < 1.29 is 27.5 Å². The topological polar surface area (TPSA) is 107 Å². The maximum Gasteiger partial charge on any atom is 0.573 e. The predicted molar refractivity (Wildman–Crippen MR) is 63.5 cm³/mol. The first-order valence-corrected chi connectivity index (χ1v) is 5.38. The lowest BCUT2D eigenvalue weighted by Crippen LogP contribution is -2.39. The molecule has 0 aromatic heterocycles. The molecule has 5 N–H and O–H groups in total. The highest BCUT2D eigenvalue weighted by molar-refractivity contribution is 5.97. The second-order valence-electron chi connectivity index (χ2n) is 3.84. The van der Waals surface area contributed by atoms with E-state index < -0.39 is 30.0 Å². The van der Waals surface area contributed by atoms with Crippen LogP contribution in [0.5, 0.6) is 5.75 Å². The van der Waals surface area contributed by atoms with Gasteiger partial charge in [-0.25, -0.2) is 0 Å². The molecule has 0 radical (unpaired) electrons. The van der Waals surface area contributed by atoms with Crippen LogP contribution in [-0.4, -0.2) is 24.2 Å². The predicted octanol–water partition coefficient (Wildman–Crippen LogP) is 0.726. The zero-order chi connectivity index (χ0) is 15.3. The molecule has 0 aliphatic heterocycles. The van der Waals surface area contributed by atoms with Crippen molar-refractivity contribution in [3.05, 3.63) is 24.3 Å². The normalized spacial score (nSPS) is 12.6. The highest BCUT2D eigenvalue weighted by atomic mass is 19.4. The van der Waals surface area contributed by atoms with Crippen molar-refractivity contribution in [2.75, 3.05) is 5.32 Å². The maximum absolute atomic E-state index is 12.0. The number of carbonyl (C=O) groups excluding carboxylic acids is 2. The molecule has 0 spiro atoms. The van der Waals surface area contributed by atoms with E-state index in [1.807, 2.05) is 0 Å². The van der Waals surface area contributed by atoms with E-state index in [0.29, 0.717) is 0 Å². The fraction of sp³-hybridized carbons (Fsp3) is 0.273. The number of nitrogens with two attached hydrogens (primary N) is 2. The van der Waals surface area contributed by atoms with E-state index in [-0.39, 0.29) is 12.1 Å². The number of carbonyl (C=O) groups is 2. The van der Waals surface area contributed by atoms with Gasteiger partial charge in [-0.2, -0.15) is 0 Å². The Morgan fingerprint density at radius 1 is 1.35 bits per heavy atom. The molecule has 1 aromatic carbocycles. The minimum atomic E-state index is -4.83. The lowest BCUT2D eigenvalue weighted by Gasteiger charge is -2.12. The summed E-state index contributed by atoms with van der Waals surface area (Å²) in [6, 6.07) is 3.48. The highest BCUT2D eigenvalue weighted by Crippen LogP contribution is 2.25. The molecule has 1 aromatic rings. The molecular weight excluding hydrogens is 279 g/mol. The largest absolute Gasteiger partial charge is 0.573 e. The lowest BCUT2D eigenvalue weighted by molar-refractivity contribution is -0.274. The molecule has 0 bridgehead atoms. The summed E-state index contributed by atoms with van der Waals surface area (Å²) in [5.74, 6) is -1.99. The molecule has 0 heterocycles. The standard InChI is InChI=1S/C11H12F3N3O3/c12-11(13,14)20-7-3-1-2-6(4-7)17-10(19)8(15)5-9(16)18/h1-4,8H,5,15H2,(H2,16,18)(H,17,19). The minimum Gasteiger partial charge on any atom is -0.406 e. The number of hydrogen-bond acceptors (Lipinski definition) is 4. The summed E-state index contributed by atoms with van der Waals surface area (Å²) in [6.07, 6.45) is -5.20. The van der Waals surface area contributed by atoms with Crippen molar-refractivity contribution in [2.24, 2.45) is 11.5 Å². The van der Waals surface area contributed by atoms with Gasteiger partial charge in [0.1, 0.15) is 5.75 Å². The molecule has 0 aliphatic carbocycles. The molecule has 110 valence electrons. The van der Waals surface area contributed by atoms with Gasteiger partial charge in [-0.05, 0) is 12.1 Å². The van der Waals surface area contributed by atoms with Crippen LogP contribution in [0.15, 0.2) is 24.3 Å². The highest BCUT2D eigenvalue weighted by Gasteiger charge is 2.31. The number of nitrogens with one attached hydrogen (secondary N) is 1. The van der Waals surface area contributed by atoms with Crippen molar-refractivity contribution >= 4 is 17.5 Å². The Hall–Kier alpha value is -2.29. The summed E-state index contributed by atoms with van der Waals surface area (Å²) in [7, 11) is 0. The van der Waals surface area contributed by atoms with Crippen LogP contribution < -0.4 is 21.5 Å². The molecule has 2 amide bonds. The second kappa shape index (κ2) is 6.24. The third-order valence-corrected chi connectivity index (χ3v) is 2.09. The van der Waals surface area contributed by atoms with Gasteiger partial charge in [0.2, 0.25) is 11.8 Å². The molecule has 0 fully saturated rings. The van der Waals surface area contributed by atoms with Crippen LogP contribution in [0, 0.1) is 0 Å². The molecule has 0 aliphatic rings. The van der Waals surface area contributed by atoms with Gasteiger partial charge in [-0.15, -0.1) is 13.2 Å². The quantitative estimate of drug-likeness (QED) is 0.743. The zero-order valence-corrected chi connectivity index (χ0v) is 10.1. The summed E-state index contributed by atoms with van der Waals surface area (Å²) in [6.45, 7) is 0. The fourth-order valence-corrected chi connectivity index (χ4v) is 1.32. The number of primary amides is 1. The molecule has 0 saturated heterocycles. The van der Waals surface area contributed by atoms with Gasteiger partial charge in [-0.3, -0.25) is 9.59 Å². The monoisotopic (exact) mass is 291 g/mol. The minimum absolute atomic E-state index is 0.0525. The Bertz CT molecular complexity index is 505. The molecule has 20 heavy (non-hydrogen) atoms. The van der Waals surface area contributed by atoms with Crippen LogP contribution in [0.2, 0.25) is 0 Å². The van der Waals surface area contributed by atoms with Crippen LogP contribution in [0.1, 0.15) is 6.42 Å². The maximum atomic E-state index is 12.0. The molecule has 6 nitrogen and oxygen atoms in total. The summed E-state index contributed by atoms with van der Waals surface area (Å²) in [5, 5.41) is 2.25. The van der Waals surface area contributed by atoms with E-state index in [9.17, 15) is 22.8 Å². The van der Waals surface area contributed by atoms with Crippen LogP contribution in [-0.2, 0) is 9.59 Å². The number of amides is 2. The smallest absolute Gasteiger partial charge is 0.406 e. The molecule has 9 heteroatoms. The Morgan fingerprint density at radius 3 is 2.55 bits per heavy atom. The number of hydrogen-bond donors (Lipinski definition) is 3. The molecule has 1 atom stereocenters. The first-order chi connectivity index (χ1) is 9.17. The van der Waals surface area contributed by atoms with Crippen molar-refractivity contribution in [2.45, 2.75) is 18.8 Å². The van der Waals surface area contributed by atoms with Crippen LogP contribution in [0.4, 0.5) is 18.9 Å². The first kappa shape index (κ1) is 15.8. The van der Waals surface area contributed by atoms with Gasteiger partial charge in [0.05, 0.1) is 12.5 Å². The zero-order valence-electron chi connectivity index (χ0n) is 10.1. The summed E-state index contributed by atoms with van der Waals surface area (Å²) < 4.78 is 39.8. The van der Waals surface area contributed by atoms with Gasteiger partial charge >= 0.3 is 6.36 Å². The van der Waals surface area contributed by atoms with Crippen LogP contribution >= 0.6 is 0 Å². The molecular formula is C11H12F3N3O3. The van der Waals surface area contributed by atoms with Gasteiger partial charge in [-0.1, -0.05) is 6.07 Å². The number of rotatable bonds is 5. The van der Waals surface area contributed by atoms with E-state index in [1.165, 1.54) is 12.1 Å². The average Bonchev–Trinajstić information content (AvgIpc) is 2.25. The number of benzene rings is 1. The SMILES string of the molecule is NC(=O)CC(N)C(=O)Nc1cccc(OC(F)(F)F)c1. The van der Waals surface area contributed by atoms with Gasteiger partial charge < -0.3 is 21.5 Å². The van der Waals surface area contributed by atoms with Gasteiger partial charge in [0.15, 0.2) is 0 Å². The molecule has 0 saturated carbocycles. The third-order valence-electron chi connectivity index (χ3n) is 2.09. The van der Waals surface area contributed by atoms with Crippen molar-refractivity contribution in [1.82, 2.24) is 0 Å². The Labute approximate surface area is 111 Å². The van der Waals surface area contributed by atoms with Crippen molar-refractivity contribution in [3.8, 4) is 5.75 Å². The summed E-state index contributed by atoms with van der Waals surface area (Å²) in [5.41, 5.74) is 10.3. The Morgan fingerprint density at radius 2 is 2.00 bits per heavy atom. The van der Waals surface area contributed by atoms with Crippen molar-refractivity contribution in [3.63, 3.8) is 0 Å².